The second-order valence-corrected chi connectivity index (χ2v) is 28.5. The van der Waals surface area contributed by atoms with Crippen LogP contribution in [0.5, 0.6) is 28.7 Å². The van der Waals surface area contributed by atoms with Gasteiger partial charge in [0.1, 0.15) is 53.6 Å². The topological polar surface area (TPSA) is 158 Å². The van der Waals surface area contributed by atoms with Gasteiger partial charge in [0.2, 0.25) is 0 Å². The van der Waals surface area contributed by atoms with Crippen LogP contribution in [0.3, 0.4) is 0 Å². The lowest BCUT2D eigenvalue weighted by molar-refractivity contribution is -0.142. The predicted octanol–water partition coefficient (Wildman–Crippen LogP) is 18.3. The third kappa shape index (κ3) is 14.5. The molecule has 5 aliphatic rings. The normalized spacial score (nSPS) is 22.0. The smallest absolute Gasteiger partial charge is 0.306 e. The number of hydrogen-bond donors (Lipinski definition) is 3. The lowest BCUT2D eigenvalue weighted by atomic mass is 9.75. The lowest BCUT2D eigenvalue weighted by Crippen LogP contribution is -2.23. The summed E-state index contributed by atoms with van der Waals surface area (Å²) >= 11 is 0. The van der Waals surface area contributed by atoms with Crippen molar-refractivity contribution in [3.63, 3.8) is 0 Å². The second kappa shape index (κ2) is 27.2. The van der Waals surface area contributed by atoms with Crippen LogP contribution in [0.1, 0.15) is 193 Å². The lowest BCUT2D eigenvalue weighted by Gasteiger charge is -2.30. The van der Waals surface area contributed by atoms with Gasteiger partial charge in [-0.15, -0.1) is 0 Å². The van der Waals surface area contributed by atoms with E-state index in [4.69, 9.17) is 23.7 Å². The first-order valence-corrected chi connectivity index (χ1v) is 32.5. The quantitative estimate of drug-likeness (QED) is 0.0702. The van der Waals surface area contributed by atoms with Crippen LogP contribution in [-0.4, -0.2) is 54.6 Å². The van der Waals surface area contributed by atoms with Crippen molar-refractivity contribution in [2.24, 2.45) is 10.8 Å². The highest BCUT2D eigenvalue weighted by Crippen LogP contribution is 2.54. The first kappa shape index (κ1) is 66.7. The molecule has 0 unspecified atom stereocenters. The van der Waals surface area contributed by atoms with Crippen LogP contribution in [-0.2, 0) is 67.8 Å². The first-order chi connectivity index (χ1) is 43.7. The summed E-state index contributed by atoms with van der Waals surface area (Å²) in [6.45, 7) is 16.1. The van der Waals surface area contributed by atoms with Gasteiger partial charge >= 0.3 is 17.9 Å². The van der Waals surface area contributed by atoms with E-state index in [0.29, 0.717) is 54.1 Å². The van der Waals surface area contributed by atoms with Crippen molar-refractivity contribution >= 4 is 17.9 Å². The molecule has 7 aromatic rings. The summed E-state index contributed by atoms with van der Waals surface area (Å²) in [6.07, 6.45) is 12.7. The average Bonchev–Trinajstić information content (AvgIpc) is 1.51. The molecule has 0 aromatic heterocycles. The number of carbonyl (C=O) groups excluding carboxylic acids is 1. The summed E-state index contributed by atoms with van der Waals surface area (Å²) in [6, 6.07) is 39.8. The van der Waals surface area contributed by atoms with Crippen molar-refractivity contribution < 1.29 is 62.2 Å². The number of rotatable bonds is 18. The molecule has 486 valence electrons. The molecule has 5 atom stereocenters. The van der Waals surface area contributed by atoms with Crippen LogP contribution in [0, 0.1) is 22.5 Å². The minimum atomic E-state index is -0.776. The molecule has 0 saturated heterocycles. The third-order valence-electron chi connectivity index (χ3n) is 21.1. The Morgan fingerprint density at radius 3 is 1.23 bits per heavy atom. The van der Waals surface area contributed by atoms with Crippen molar-refractivity contribution in [1.82, 2.24) is 0 Å². The Labute approximate surface area is 541 Å². The number of esters is 1. The summed E-state index contributed by atoms with van der Waals surface area (Å²) in [5, 5.41) is 28.4. The molecule has 0 spiro atoms. The molecule has 7 aromatic carbocycles. The fourth-order valence-electron chi connectivity index (χ4n) is 15.7. The summed E-state index contributed by atoms with van der Waals surface area (Å²) in [7, 11) is 4.60. The number of phenolic OH excluding ortho intramolecular Hbond substituents is 1. The number of fused-ring (bicyclic) bond motifs is 3. The van der Waals surface area contributed by atoms with E-state index >= 15 is 8.78 Å². The van der Waals surface area contributed by atoms with Crippen LogP contribution >= 0.6 is 0 Å². The zero-order valence-corrected chi connectivity index (χ0v) is 55.2. The minimum Gasteiger partial charge on any atom is -0.508 e. The molecule has 0 heterocycles. The average molecular weight is 1250 g/mol. The molecule has 12 rings (SSSR count). The van der Waals surface area contributed by atoms with Gasteiger partial charge in [0, 0.05) is 27.4 Å². The Bertz CT molecular complexity index is 3680. The molecular formula is C79H90F2O11. The highest BCUT2D eigenvalue weighted by Gasteiger charge is 2.41. The van der Waals surface area contributed by atoms with Crippen molar-refractivity contribution in [1.29, 1.82) is 0 Å². The van der Waals surface area contributed by atoms with E-state index in [-0.39, 0.29) is 63.3 Å². The molecule has 5 aliphatic carbocycles. The molecule has 0 amide bonds. The van der Waals surface area contributed by atoms with Crippen LogP contribution in [0.25, 0.3) is 22.3 Å². The van der Waals surface area contributed by atoms with Gasteiger partial charge in [0.25, 0.3) is 0 Å². The van der Waals surface area contributed by atoms with E-state index in [1.807, 2.05) is 68.4 Å². The molecule has 92 heavy (non-hydrogen) atoms. The Morgan fingerprint density at radius 1 is 0.457 bits per heavy atom. The number of carboxylic acids is 2. The largest absolute Gasteiger partial charge is 0.508 e. The van der Waals surface area contributed by atoms with Gasteiger partial charge in [-0.3, -0.25) is 14.4 Å². The van der Waals surface area contributed by atoms with Gasteiger partial charge in [0.05, 0.1) is 40.6 Å². The summed E-state index contributed by atoms with van der Waals surface area (Å²) < 4.78 is 58.1. The Morgan fingerprint density at radius 2 is 0.848 bits per heavy atom. The van der Waals surface area contributed by atoms with E-state index in [1.54, 1.807) is 50.6 Å². The van der Waals surface area contributed by atoms with Crippen molar-refractivity contribution in [3.8, 4) is 51.0 Å². The Balaban J connectivity index is 0.000000163. The molecule has 2 saturated carbocycles. The van der Waals surface area contributed by atoms with Crippen molar-refractivity contribution in [2.75, 3.05) is 21.3 Å². The molecule has 11 nitrogen and oxygen atoms in total. The molecular weight excluding hydrogens is 1160 g/mol. The highest BCUT2D eigenvalue weighted by molar-refractivity contribution is 5.74. The van der Waals surface area contributed by atoms with E-state index in [9.17, 15) is 29.7 Å². The second-order valence-electron chi connectivity index (χ2n) is 28.5. The summed E-state index contributed by atoms with van der Waals surface area (Å²) in [5.41, 5.74) is 13.5. The van der Waals surface area contributed by atoms with Gasteiger partial charge in [-0.05, 0) is 226 Å². The fourth-order valence-corrected chi connectivity index (χ4v) is 15.7. The maximum Gasteiger partial charge on any atom is 0.306 e. The zero-order chi connectivity index (χ0) is 65.9. The molecule has 3 N–H and O–H groups in total. The van der Waals surface area contributed by atoms with Gasteiger partial charge in [0.15, 0.2) is 0 Å². The predicted molar refractivity (Wildman–Crippen MR) is 355 cm³/mol. The standard InChI is InChI=1S/2C33H37FO4.C13H16O3/c2*1-32(2)14-5-6-28(32)26-16-21(7-11-25(26)27-17-23(37-4)10-12-30(27)34)20-38-24-9-8-22-13-15-33(3,19-31(35)36)29(22)18-24;1-13(8-12(15)16-2)6-5-9-3-4-10(14)7-11(9)13/h2*7-12,16-18,28H,5-6,13-15,19-20H2,1-4H3,(H,35,36);3-4,7,14H,5-6,8H2,1-2H3/t28-,33+;28-,33-;13-/m100/s1. The third-order valence-corrected chi connectivity index (χ3v) is 21.1. The number of halogens is 2. The number of hydrogen-bond acceptors (Lipinski definition) is 9. The zero-order valence-electron chi connectivity index (χ0n) is 55.2. The van der Waals surface area contributed by atoms with Crippen LogP contribution in [0.4, 0.5) is 8.78 Å². The van der Waals surface area contributed by atoms with E-state index < -0.39 is 11.9 Å². The van der Waals surface area contributed by atoms with Crippen molar-refractivity contribution in [2.45, 2.75) is 186 Å². The number of carbonyl (C=O) groups is 3. The van der Waals surface area contributed by atoms with Crippen LogP contribution in [0.15, 0.2) is 127 Å². The SMILES string of the molecule is COC(=O)C[C@]1(C)CCc2ccc(O)cc21.COc1ccc(F)c(-c2ccc(COc3ccc4c(c3)[C@](C)(CC(=O)O)CC4)cc2[C@@H]2CCCC2(C)C)c1.COc1ccc(F)c(-c2ccc(COc3ccc4c(c3)[C@](C)(CC(=O)O)CC4)cc2[C@H]2CCCC2(C)C)c1. The molecule has 0 radical (unpaired) electrons. The van der Waals surface area contributed by atoms with Gasteiger partial charge in [-0.25, -0.2) is 8.78 Å². The Kier molecular flexibility index (Phi) is 19.7. The minimum absolute atomic E-state index is 0.117. The van der Waals surface area contributed by atoms with E-state index in [2.05, 4.69) is 58.9 Å². The summed E-state index contributed by atoms with van der Waals surface area (Å²) in [4.78, 5) is 34.3. The Hall–Kier alpha value is -8.19. The fraction of sp³-hybridized carbons (Fsp3) is 0.430. The van der Waals surface area contributed by atoms with Crippen molar-refractivity contribution in [3.05, 3.63) is 195 Å². The van der Waals surface area contributed by atoms with Crippen LogP contribution in [0.2, 0.25) is 0 Å². The summed E-state index contributed by atoms with van der Waals surface area (Å²) in [5.74, 6) is 1.40. The number of benzene rings is 7. The first-order valence-electron chi connectivity index (χ1n) is 32.5. The van der Waals surface area contributed by atoms with Gasteiger partial charge in [-0.1, -0.05) is 116 Å². The molecule has 13 heteroatoms. The molecule has 0 aliphatic heterocycles. The van der Waals surface area contributed by atoms with E-state index in [0.717, 1.165) is 139 Å². The maximum absolute atomic E-state index is 15.1. The molecule has 0 bridgehead atoms. The number of carboxylic acid groups (broad SMARTS) is 2. The number of ether oxygens (including phenoxy) is 5. The maximum atomic E-state index is 15.1. The van der Waals surface area contributed by atoms with Crippen LogP contribution < -0.4 is 18.9 Å². The number of aromatic hydroxyl groups is 1. The number of aryl methyl sites for hydroxylation is 3. The number of phenols is 1. The molecule has 2 fully saturated rings. The van der Waals surface area contributed by atoms with E-state index in [1.165, 1.54) is 35.9 Å². The number of aliphatic carboxylic acids is 2. The van der Waals surface area contributed by atoms with Gasteiger partial charge in [-0.2, -0.15) is 0 Å². The number of methoxy groups -OCH3 is 3. The van der Waals surface area contributed by atoms with Gasteiger partial charge < -0.3 is 39.0 Å². The monoisotopic (exact) mass is 1250 g/mol. The highest BCUT2D eigenvalue weighted by atomic mass is 19.1.